The number of Topliss-reactive ketones (excluding diaryl/α,β-unsaturated/α-hetero) is 1. The van der Waals surface area contributed by atoms with Gasteiger partial charge >= 0.3 is 0 Å². The van der Waals surface area contributed by atoms with Crippen LogP contribution < -0.4 is 0 Å². The van der Waals surface area contributed by atoms with Crippen molar-refractivity contribution >= 4 is 5.78 Å². The zero-order chi connectivity index (χ0) is 15.6. The average Bonchev–Trinajstić information content (AvgIpc) is 3.23. The number of benzene rings is 2. The molecule has 2 fully saturated rings. The second-order valence-corrected chi connectivity index (χ2v) is 7.47. The van der Waals surface area contributed by atoms with Gasteiger partial charge in [0.15, 0.2) is 11.4 Å². The molecule has 0 amide bonds. The van der Waals surface area contributed by atoms with E-state index in [1.807, 2.05) is 48.5 Å². The van der Waals surface area contributed by atoms with Gasteiger partial charge in [-0.25, -0.2) is 0 Å². The summed E-state index contributed by atoms with van der Waals surface area (Å²) >= 11 is 0. The van der Waals surface area contributed by atoms with E-state index in [1.165, 1.54) is 12.8 Å². The highest BCUT2D eigenvalue weighted by Gasteiger charge is 2.56. The Balaban J connectivity index is 1.75. The van der Waals surface area contributed by atoms with E-state index in [0.29, 0.717) is 17.4 Å². The Bertz CT molecular complexity index is 809. The Morgan fingerprint density at radius 1 is 0.870 bits per heavy atom. The van der Waals surface area contributed by atoms with Gasteiger partial charge in [0.2, 0.25) is 0 Å². The van der Waals surface area contributed by atoms with E-state index in [2.05, 4.69) is 0 Å². The van der Waals surface area contributed by atoms with Crippen LogP contribution in [0.4, 0.5) is 0 Å². The average molecular weight is 304 g/mol. The molecule has 23 heavy (non-hydrogen) atoms. The summed E-state index contributed by atoms with van der Waals surface area (Å²) in [5, 5.41) is 11.7. The van der Waals surface area contributed by atoms with Crippen molar-refractivity contribution in [3.05, 3.63) is 59.7 Å². The first-order valence-electron chi connectivity index (χ1n) is 8.65. The van der Waals surface area contributed by atoms with Crippen molar-refractivity contribution in [2.45, 2.75) is 31.3 Å². The van der Waals surface area contributed by atoms with Crippen LogP contribution in [0.3, 0.4) is 0 Å². The topological polar surface area (TPSA) is 37.3 Å². The molecule has 0 radical (unpaired) electrons. The summed E-state index contributed by atoms with van der Waals surface area (Å²) < 4.78 is 0. The molecule has 4 atom stereocenters. The zero-order valence-electron chi connectivity index (χ0n) is 13.0. The summed E-state index contributed by atoms with van der Waals surface area (Å²) in [5.41, 5.74) is 2.14. The third-order valence-electron chi connectivity index (χ3n) is 6.42. The quantitative estimate of drug-likeness (QED) is 0.858. The lowest BCUT2D eigenvalue weighted by atomic mass is 9.64. The van der Waals surface area contributed by atoms with Gasteiger partial charge in [0, 0.05) is 11.5 Å². The molecule has 2 saturated carbocycles. The first-order chi connectivity index (χ1) is 11.2. The van der Waals surface area contributed by atoms with E-state index in [4.69, 9.17) is 0 Å². The van der Waals surface area contributed by atoms with Gasteiger partial charge in [0.25, 0.3) is 0 Å². The molecular weight excluding hydrogens is 284 g/mol. The maximum Gasteiger partial charge on any atom is 0.199 e. The van der Waals surface area contributed by atoms with Crippen molar-refractivity contribution < 1.29 is 9.90 Å². The molecule has 3 aliphatic carbocycles. The fourth-order valence-corrected chi connectivity index (χ4v) is 5.42. The number of carbonyl (C=O) groups is 1. The van der Waals surface area contributed by atoms with E-state index in [9.17, 15) is 9.90 Å². The number of hydrogen-bond donors (Lipinski definition) is 1. The number of hydrogen-bond acceptors (Lipinski definition) is 2. The van der Waals surface area contributed by atoms with Crippen molar-refractivity contribution in [1.82, 2.24) is 0 Å². The second-order valence-electron chi connectivity index (χ2n) is 7.47. The van der Waals surface area contributed by atoms with Crippen LogP contribution in [0, 0.1) is 17.8 Å². The monoisotopic (exact) mass is 304 g/mol. The molecule has 0 saturated heterocycles. The molecule has 2 aromatic carbocycles. The molecule has 0 heterocycles. The normalized spacial score (nSPS) is 34.3. The summed E-state index contributed by atoms with van der Waals surface area (Å²) in [5.74, 6) is 1.17. The SMILES string of the molecule is O=C1c2ccccc2-c2ccccc2C1(O)[C@H]1C[C@@H]2CC[C@H]1C2. The molecular formula is C21H20O2. The Morgan fingerprint density at radius 2 is 1.57 bits per heavy atom. The fourth-order valence-electron chi connectivity index (χ4n) is 5.42. The molecule has 0 aliphatic heterocycles. The lowest BCUT2D eigenvalue weighted by Gasteiger charge is -2.41. The number of aliphatic hydroxyl groups is 1. The Kier molecular flexibility index (Phi) is 2.67. The van der Waals surface area contributed by atoms with Crippen molar-refractivity contribution in [2.75, 3.05) is 0 Å². The van der Waals surface area contributed by atoms with Crippen LogP contribution >= 0.6 is 0 Å². The highest BCUT2D eigenvalue weighted by atomic mass is 16.3. The second kappa shape index (κ2) is 4.55. The molecule has 2 heteroatoms. The zero-order valence-corrected chi connectivity index (χ0v) is 13.0. The van der Waals surface area contributed by atoms with Crippen LogP contribution in [-0.4, -0.2) is 10.9 Å². The molecule has 2 nitrogen and oxygen atoms in total. The van der Waals surface area contributed by atoms with Crippen LogP contribution in [0.1, 0.15) is 41.6 Å². The molecule has 116 valence electrons. The van der Waals surface area contributed by atoms with E-state index in [0.717, 1.165) is 29.5 Å². The van der Waals surface area contributed by atoms with Crippen LogP contribution in [0.5, 0.6) is 0 Å². The lowest BCUT2D eigenvalue weighted by Crippen LogP contribution is -2.47. The smallest absolute Gasteiger partial charge is 0.199 e. The van der Waals surface area contributed by atoms with Crippen molar-refractivity contribution in [3.8, 4) is 11.1 Å². The van der Waals surface area contributed by atoms with Gasteiger partial charge in [0.05, 0.1) is 0 Å². The summed E-state index contributed by atoms with van der Waals surface area (Å²) in [4.78, 5) is 13.3. The largest absolute Gasteiger partial charge is 0.377 e. The molecule has 1 unspecified atom stereocenters. The molecule has 5 rings (SSSR count). The van der Waals surface area contributed by atoms with Gasteiger partial charge in [-0.15, -0.1) is 0 Å². The fraction of sp³-hybridized carbons (Fsp3) is 0.381. The van der Waals surface area contributed by atoms with E-state index >= 15 is 0 Å². The summed E-state index contributed by atoms with van der Waals surface area (Å²) in [6.07, 6.45) is 4.60. The minimum atomic E-state index is -1.34. The molecule has 2 bridgehead atoms. The third-order valence-corrected chi connectivity index (χ3v) is 6.42. The predicted molar refractivity (Wildman–Crippen MR) is 89.0 cm³/mol. The highest BCUT2D eigenvalue weighted by molar-refractivity contribution is 6.12. The standard InChI is InChI=1S/C21H20O2/c22-20-17-7-2-1-5-15(17)16-6-3-4-8-18(16)21(20,23)19-12-13-9-10-14(19)11-13/h1-8,13-14,19,23H,9-12H2/t13-,14+,19+,21?/m1/s1. The maximum absolute atomic E-state index is 13.3. The number of ketones is 1. The molecule has 0 spiro atoms. The van der Waals surface area contributed by atoms with Crippen molar-refractivity contribution in [2.24, 2.45) is 17.8 Å². The third kappa shape index (κ3) is 1.65. The minimum absolute atomic E-state index is 0.0725. The number of rotatable bonds is 1. The van der Waals surface area contributed by atoms with E-state index in [-0.39, 0.29) is 11.7 Å². The van der Waals surface area contributed by atoms with Gasteiger partial charge in [-0.1, -0.05) is 55.0 Å². The number of fused-ring (bicyclic) bond motifs is 5. The van der Waals surface area contributed by atoms with Crippen LogP contribution in [0.15, 0.2) is 48.5 Å². The number of carbonyl (C=O) groups excluding carboxylic acids is 1. The first kappa shape index (κ1) is 13.5. The van der Waals surface area contributed by atoms with Crippen LogP contribution in [0.2, 0.25) is 0 Å². The van der Waals surface area contributed by atoms with Gasteiger partial charge in [0.1, 0.15) is 0 Å². The maximum atomic E-state index is 13.3. The van der Waals surface area contributed by atoms with E-state index in [1.54, 1.807) is 0 Å². The molecule has 1 N–H and O–H groups in total. The van der Waals surface area contributed by atoms with E-state index < -0.39 is 5.60 Å². The molecule has 2 aromatic rings. The molecule has 3 aliphatic rings. The predicted octanol–water partition coefficient (Wildman–Crippen LogP) is 4.17. The highest BCUT2D eigenvalue weighted by Crippen LogP contribution is 2.57. The van der Waals surface area contributed by atoms with Crippen LogP contribution in [0.25, 0.3) is 11.1 Å². The summed E-state index contributed by atoms with van der Waals surface area (Å²) in [7, 11) is 0. The van der Waals surface area contributed by atoms with Gasteiger partial charge in [-0.3, -0.25) is 4.79 Å². The summed E-state index contributed by atoms with van der Waals surface area (Å²) in [6.45, 7) is 0. The minimum Gasteiger partial charge on any atom is -0.377 e. The van der Waals surface area contributed by atoms with Crippen molar-refractivity contribution in [3.63, 3.8) is 0 Å². The van der Waals surface area contributed by atoms with Gasteiger partial charge in [-0.05, 0) is 47.8 Å². The summed E-state index contributed by atoms with van der Waals surface area (Å²) in [6, 6.07) is 15.6. The Hall–Kier alpha value is -1.93. The Morgan fingerprint density at radius 3 is 2.26 bits per heavy atom. The molecule has 0 aromatic heterocycles. The van der Waals surface area contributed by atoms with Gasteiger partial charge < -0.3 is 5.11 Å². The first-order valence-corrected chi connectivity index (χ1v) is 8.65. The van der Waals surface area contributed by atoms with Gasteiger partial charge in [-0.2, -0.15) is 0 Å². The lowest BCUT2D eigenvalue weighted by molar-refractivity contribution is -0.0245. The van der Waals surface area contributed by atoms with Crippen molar-refractivity contribution in [1.29, 1.82) is 0 Å². The Labute approximate surface area is 136 Å². The van der Waals surface area contributed by atoms with Crippen LogP contribution in [-0.2, 0) is 5.60 Å².